The lowest BCUT2D eigenvalue weighted by molar-refractivity contribution is 0.346. The van der Waals surface area contributed by atoms with E-state index in [9.17, 15) is 8.42 Å². The highest BCUT2D eigenvalue weighted by atomic mass is 79.9. The normalized spacial score (nSPS) is 21.9. The van der Waals surface area contributed by atoms with E-state index in [-0.39, 0.29) is 11.1 Å². The lowest BCUT2D eigenvalue weighted by Crippen LogP contribution is -2.41. The molecular weight excluding hydrogens is 342 g/mol. The minimum atomic E-state index is -3.49. The molecule has 1 atom stereocenters. The molecule has 2 rings (SSSR count). The van der Waals surface area contributed by atoms with Crippen LogP contribution in [0.5, 0.6) is 0 Å². The molecule has 0 spiro atoms. The zero-order valence-electron chi connectivity index (χ0n) is 12.0. The molecule has 1 unspecified atom stereocenters. The second-order valence-corrected chi connectivity index (χ2v) is 7.67. The average molecular weight is 364 g/mol. The number of aryl methyl sites for hydroxylation is 2. The standard InChI is InChI=1S/C13H22BrN3O2S/c1-3-16-10-13(15-11(16)2)20(18,19)17-8-6-4-5-7-12(17)9-14/h10,12H,3-9H2,1-2H3. The summed E-state index contributed by atoms with van der Waals surface area (Å²) in [6.45, 7) is 5.15. The Kier molecular flexibility index (Phi) is 5.25. The highest BCUT2D eigenvalue weighted by molar-refractivity contribution is 9.09. The Bertz CT molecular complexity index is 556. The van der Waals surface area contributed by atoms with Gasteiger partial charge in [0.1, 0.15) is 5.82 Å². The Morgan fingerprint density at radius 1 is 1.40 bits per heavy atom. The predicted octanol–water partition coefficient (Wildman–Crippen LogP) is 2.54. The summed E-state index contributed by atoms with van der Waals surface area (Å²) >= 11 is 3.45. The third-order valence-electron chi connectivity index (χ3n) is 3.87. The summed E-state index contributed by atoms with van der Waals surface area (Å²) in [7, 11) is -3.49. The minimum Gasteiger partial charge on any atom is -0.334 e. The first-order chi connectivity index (χ1) is 9.50. The Balaban J connectivity index is 2.35. The molecule has 0 radical (unpaired) electrons. The fraction of sp³-hybridized carbons (Fsp3) is 0.769. The number of aromatic nitrogens is 2. The number of hydrogen-bond acceptors (Lipinski definition) is 3. The quantitative estimate of drug-likeness (QED) is 0.772. The SMILES string of the molecule is CCn1cc(S(=O)(=O)N2CCCCCC2CBr)nc1C. The number of imidazole rings is 1. The zero-order chi connectivity index (χ0) is 14.8. The van der Waals surface area contributed by atoms with Gasteiger partial charge < -0.3 is 4.57 Å². The molecule has 7 heteroatoms. The van der Waals surface area contributed by atoms with Crippen molar-refractivity contribution in [2.75, 3.05) is 11.9 Å². The van der Waals surface area contributed by atoms with Crippen LogP contribution < -0.4 is 0 Å². The van der Waals surface area contributed by atoms with Gasteiger partial charge in [-0.05, 0) is 26.7 Å². The van der Waals surface area contributed by atoms with Gasteiger partial charge in [0, 0.05) is 30.7 Å². The van der Waals surface area contributed by atoms with Crippen LogP contribution in [0.3, 0.4) is 0 Å². The fourth-order valence-corrected chi connectivity index (χ4v) is 5.22. The largest absolute Gasteiger partial charge is 0.334 e. The van der Waals surface area contributed by atoms with Crippen LogP contribution in [-0.2, 0) is 16.6 Å². The van der Waals surface area contributed by atoms with Crippen molar-refractivity contribution < 1.29 is 8.42 Å². The van der Waals surface area contributed by atoms with Gasteiger partial charge in [-0.3, -0.25) is 0 Å². The van der Waals surface area contributed by atoms with Gasteiger partial charge in [-0.25, -0.2) is 13.4 Å². The van der Waals surface area contributed by atoms with Crippen LogP contribution in [0, 0.1) is 6.92 Å². The summed E-state index contributed by atoms with van der Waals surface area (Å²) in [6, 6.07) is 0.0367. The molecule has 0 N–H and O–H groups in total. The summed E-state index contributed by atoms with van der Waals surface area (Å²) in [5.41, 5.74) is 0. The van der Waals surface area contributed by atoms with E-state index in [4.69, 9.17) is 0 Å². The monoisotopic (exact) mass is 363 g/mol. The van der Waals surface area contributed by atoms with Gasteiger partial charge in [-0.2, -0.15) is 4.31 Å². The smallest absolute Gasteiger partial charge is 0.262 e. The van der Waals surface area contributed by atoms with Crippen molar-refractivity contribution in [3.8, 4) is 0 Å². The average Bonchev–Trinajstić information content (AvgIpc) is 2.66. The van der Waals surface area contributed by atoms with Crippen molar-refractivity contribution in [1.82, 2.24) is 13.9 Å². The van der Waals surface area contributed by atoms with Crippen LogP contribution in [0.25, 0.3) is 0 Å². The van der Waals surface area contributed by atoms with Crippen molar-refractivity contribution in [3.05, 3.63) is 12.0 Å². The molecule has 0 aliphatic carbocycles. The van der Waals surface area contributed by atoms with Crippen molar-refractivity contribution in [3.63, 3.8) is 0 Å². The summed E-state index contributed by atoms with van der Waals surface area (Å²) in [5.74, 6) is 0.747. The Morgan fingerprint density at radius 3 is 2.75 bits per heavy atom. The number of halogens is 1. The second-order valence-electron chi connectivity index (χ2n) is 5.19. The van der Waals surface area contributed by atoms with Crippen LogP contribution in [-0.4, -0.2) is 40.2 Å². The molecule has 0 bridgehead atoms. The maximum Gasteiger partial charge on any atom is 0.262 e. The number of sulfonamides is 1. The first-order valence-corrected chi connectivity index (χ1v) is 9.68. The third kappa shape index (κ3) is 3.09. The van der Waals surface area contributed by atoms with Crippen LogP contribution >= 0.6 is 15.9 Å². The van der Waals surface area contributed by atoms with Crippen molar-refractivity contribution in [2.45, 2.75) is 57.1 Å². The molecule has 5 nitrogen and oxygen atoms in total. The van der Waals surface area contributed by atoms with E-state index in [2.05, 4.69) is 20.9 Å². The Morgan fingerprint density at radius 2 is 2.15 bits per heavy atom. The van der Waals surface area contributed by atoms with E-state index < -0.39 is 10.0 Å². The van der Waals surface area contributed by atoms with E-state index in [0.717, 1.165) is 38.1 Å². The van der Waals surface area contributed by atoms with Crippen molar-refractivity contribution >= 4 is 26.0 Å². The number of nitrogens with zero attached hydrogens (tertiary/aromatic N) is 3. The first-order valence-electron chi connectivity index (χ1n) is 7.12. The fourth-order valence-electron chi connectivity index (χ4n) is 2.67. The molecule has 114 valence electrons. The minimum absolute atomic E-state index is 0.0367. The maximum atomic E-state index is 12.8. The van der Waals surface area contributed by atoms with E-state index in [1.165, 1.54) is 0 Å². The first kappa shape index (κ1) is 16.0. The van der Waals surface area contributed by atoms with Gasteiger partial charge >= 0.3 is 0 Å². The van der Waals surface area contributed by atoms with Crippen molar-refractivity contribution in [2.24, 2.45) is 0 Å². The topological polar surface area (TPSA) is 55.2 Å². The molecule has 1 saturated heterocycles. The van der Waals surface area contributed by atoms with Gasteiger partial charge in [0.05, 0.1) is 0 Å². The number of rotatable bonds is 4. The zero-order valence-corrected chi connectivity index (χ0v) is 14.5. The maximum absolute atomic E-state index is 12.8. The van der Waals surface area contributed by atoms with E-state index in [1.807, 2.05) is 18.4 Å². The Hall–Kier alpha value is -0.400. The van der Waals surface area contributed by atoms with Crippen molar-refractivity contribution in [1.29, 1.82) is 0 Å². The van der Waals surface area contributed by atoms with Crippen LogP contribution in [0.4, 0.5) is 0 Å². The molecule has 20 heavy (non-hydrogen) atoms. The third-order valence-corrected chi connectivity index (χ3v) is 6.44. The summed E-state index contributed by atoms with van der Waals surface area (Å²) in [6.07, 6.45) is 5.68. The van der Waals surface area contributed by atoms with Crippen LogP contribution in [0.1, 0.15) is 38.4 Å². The van der Waals surface area contributed by atoms with Crippen LogP contribution in [0.2, 0.25) is 0 Å². The molecule has 1 fully saturated rings. The van der Waals surface area contributed by atoms with Crippen LogP contribution in [0.15, 0.2) is 11.2 Å². The highest BCUT2D eigenvalue weighted by Gasteiger charge is 2.33. The van der Waals surface area contributed by atoms with E-state index in [1.54, 1.807) is 10.5 Å². The second kappa shape index (κ2) is 6.58. The molecule has 1 aromatic heterocycles. The predicted molar refractivity (Wildman–Crippen MR) is 82.6 cm³/mol. The number of alkyl halides is 1. The van der Waals surface area contributed by atoms with E-state index in [0.29, 0.717) is 11.9 Å². The molecule has 1 aromatic rings. The molecule has 0 amide bonds. The molecule has 0 saturated carbocycles. The molecule has 1 aliphatic rings. The lowest BCUT2D eigenvalue weighted by Gasteiger charge is -2.26. The molecular formula is C13H22BrN3O2S. The summed E-state index contributed by atoms with van der Waals surface area (Å²) in [5, 5.41) is 0.865. The van der Waals surface area contributed by atoms with E-state index >= 15 is 0 Å². The number of hydrogen-bond donors (Lipinski definition) is 0. The summed E-state index contributed by atoms with van der Waals surface area (Å²) in [4.78, 5) is 4.25. The van der Waals surface area contributed by atoms with Gasteiger partial charge in [0.2, 0.25) is 0 Å². The van der Waals surface area contributed by atoms with Gasteiger partial charge in [0.15, 0.2) is 5.03 Å². The highest BCUT2D eigenvalue weighted by Crippen LogP contribution is 2.25. The molecule has 2 heterocycles. The summed E-state index contributed by atoms with van der Waals surface area (Å²) < 4.78 is 29.1. The van der Waals surface area contributed by atoms with Gasteiger partial charge in [-0.15, -0.1) is 0 Å². The molecule has 1 aliphatic heterocycles. The van der Waals surface area contributed by atoms with Gasteiger partial charge in [0.25, 0.3) is 10.0 Å². The lowest BCUT2D eigenvalue weighted by atomic mass is 10.1. The molecule has 0 aromatic carbocycles. The van der Waals surface area contributed by atoms with Gasteiger partial charge in [-0.1, -0.05) is 28.8 Å². The Labute approximate surface area is 129 Å².